The third-order valence-corrected chi connectivity index (χ3v) is 2.67. The van der Waals surface area contributed by atoms with Gasteiger partial charge in [0.25, 0.3) is 0 Å². The van der Waals surface area contributed by atoms with E-state index in [1.54, 1.807) is 6.92 Å². The van der Waals surface area contributed by atoms with E-state index in [4.69, 9.17) is 5.73 Å². The van der Waals surface area contributed by atoms with E-state index in [2.05, 4.69) is 0 Å². The molecule has 0 saturated heterocycles. The molecule has 0 aromatic carbocycles. The summed E-state index contributed by atoms with van der Waals surface area (Å²) in [7, 11) is 0. The fraction of sp³-hybridized carbons (Fsp3) is 1.00. The van der Waals surface area contributed by atoms with Crippen molar-refractivity contribution in [2.45, 2.75) is 51.2 Å². The van der Waals surface area contributed by atoms with Crippen molar-refractivity contribution < 1.29 is 4.39 Å². The van der Waals surface area contributed by atoms with Crippen molar-refractivity contribution in [2.24, 2.45) is 11.7 Å². The van der Waals surface area contributed by atoms with Gasteiger partial charge in [0.1, 0.15) is 6.17 Å². The lowest BCUT2D eigenvalue weighted by Gasteiger charge is -2.16. The summed E-state index contributed by atoms with van der Waals surface area (Å²) in [4.78, 5) is 0. The van der Waals surface area contributed by atoms with E-state index in [1.165, 1.54) is 25.7 Å². The molecule has 0 bridgehead atoms. The molecule has 2 unspecified atom stereocenters. The van der Waals surface area contributed by atoms with E-state index >= 15 is 0 Å². The summed E-state index contributed by atoms with van der Waals surface area (Å²) in [6, 6.07) is -0.224. The highest BCUT2D eigenvalue weighted by Gasteiger charge is 2.20. The summed E-state index contributed by atoms with van der Waals surface area (Å²) >= 11 is 0. The first-order valence-electron chi connectivity index (χ1n) is 4.60. The second-order valence-corrected chi connectivity index (χ2v) is 3.73. The molecular formula is C9H18FN. The van der Waals surface area contributed by atoms with Crippen LogP contribution in [0, 0.1) is 5.92 Å². The third-order valence-electron chi connectivity index (χ3n) is 2.67. The summed E-state index contributed by atoms with van der Waals surface area (Å²) in [5.41, 5.74) is 5.62. The molecule has 1 saturated carbocycles. The van der Waals surface area contributed by atoms with Crippen molar-refractivity contribution in [3.05, 3.63) is 0 Å². The maximum Gasteiger partial charge on any atom is 0.112 e. The monoisotopic (exact) mass is 159 g/mol. The molecule has 1 rings (SSSR count). The topological polar surface area (TPSA) is 26.0 Å². The van der Waals surface area contributed by atoms with Crippen molar-refractivity contribution in [2.75, 3.05) is 0 Å². The van der Waals surface area contributed by atoms with Gasteiger partial charge in [-0.05, 0) is 19.3 Å². The van der Waals surface area contributed by atoms with Gasteiger partial charge in [-0.2, -0.15) is 0 Å². The Bertz CT molecular complexity index is 108. The molecule has 0 aromatic rings. The predicted octanol–water partition coefficient (Wildman–Crippen LogP) is 2.25. The van der Waals surface area contributed by atoms with Crippen molar-refractivity contribution in [3.8, 4) is 0 Å². The quantitative estimate of drug-likeness (QED) is 0.671. The van der Waals surface area contributed by atoms with Crippen LogP contribution in [0.25, 0.3) is 0 Å². The first kappa shape index (κ1) is 8.98. The molecule has 66 valence electrons. The second kappa shape index (κ2) is 4.05. The molecule has 0 radical (unpaired) electrons. The smallest absolute Gasteiger partial charge is 0.112 e. The summed E-state index contributed by atoms with van der Waals surface area (Å²) in [6.45, 7) is 1.56. The van der Waals surface area contributed by atoms with Gasteiger partial charge in [-0.1, -0.05) is 25.7 Å². The van der Waals surface area contributed by atoms with Crippen LogP contribution in [0.1, 0.15) is 39.0 Å². The highest BCUT2D eigenvalue weighted by molar-refractivity contribution is 4.76. The standard InChI is InChI=1S/C9H18FN/c1-7(10)9(11)6-8-4-2-3-5-8/h7-9H,2-6,11H2,1H3. The zero-order valence-electron chi connectivity index (χ0n) is 7.22. The molecule has 1 nitrogen and oxygen atoms in total. The van der Waals surface area contributed by atoms with Crippen molar-refractivity contribution in [1.29, 1.82) is 0 Å². The molecule has 2 atom stereocenters. The van der Waals surface area contributed by atoms with Crippen molar-refractivity contribution in [3.63, 3.8) is 0 Å². The fourth-order valence-corrected chi connectivity index (χ4v) is 1.82. The van der Waals surface area contributed by atoms with Crippen LogP contribution in [0.3, 0.4) is 0 Å². The zero-order valence-corrected chi connectivity index (χ0v) is 7.22. The Kier molecular flexibility index (Phi) is 3.31. The molecule has 0 heterocycles. The first-order chi connectivity index (χ1) is 5.20. The van der Waals surface area contributed by atoms with Crippen LogP contribution in [0.2, 0.25) is 0 Å². The van der Waals surface area contributed by atoms with Crippen LogP contribution < -0.4 is 5.73 Å². The zero-order chi connectivity index (χ0) is 8.27. The highest BCUT2D eigenvalue weighted by Crippen LogP contribution is 2.28. The Morgan fingerprint density at radius 2 is 2.00 bits per heavy atom. The van der Waals surface area contributed by atoms with E-state index in [0.29, 0.717) is 5.92 Å². The Morgan fingerprint density at radius 1 is 1.45 bits per heavy atom. The fourth-order valence-electron chi connectivity index (χ4n) is 1.82. The van der Waals surface area contributed by atoms with E-state index in [-0.39, 0.29) is 6.04 Å². The van der Waals surface area contributed by atoms with Gasteiger partial charge >= 0.3 is 0 Å². The molecule has 1 aliphatic carbocycles. The Morgan fingerprint density at radius 3 is 2.45 bits per heavy atom. The lowest BCUT2D eigenvalue weighted by atomic mass is 9.97. The molecule has 0 aromatic heterocycles. The lowest BCUT2D eigenvalue weighted by Crippen LogP contribution is -2.31. The van der Waals surface area contributed by atoms with Crippen LogP contribution in [0.4, 0.5) is 4.39 Å². The number of nitrogens with two attached hydrogens (primary N) is 1. The van der Waals surface area contributed by atoms with Gasteiger partial charge in [-0.15, -0.1) is 0 Å². The van der Waals surface area contributed by atoms with Gasteiger partial charge < -0.3 is 5.73 Å². The number of rotatable bonds is 3. The minimum atomic E-state index is -0.837. The molecule has 2 heteroatoms. The van der Waals surface area contributed by atoms with Gasteiger partial charge in [0.2, 0.25) is 0 Å². The number of alkyl halides is 1. The minimum absolute atomic E-state index is 0.224. The number of hydrogen-bond acceptors (Lipinski definition) is 1. The van der Waals surface area contributed by atoms with E-state index in [9.17, 15) is 4.39 Å². The summed E-state index contributed by atoms with van der Waals surface area (Å²) < 4.78 is 12.6. The van der Waals surface area contributed by atoms with Gasteiger partial charge in [-0.3, -0.25) is 0 Å². The van der Waals surface area contributed by atoms with Crippen LogP contribution in [-0.4, -0.2) is 12.2 Å². The van der Waals surface area contributed by atoms with Crippen LogP contribution >= 0.6 is 0 Å². The summed E-state index contributed by atoms with van der Waals surface area (Å²) in [5, 5.41) is 0. The number of hydrogen-bond donors (Lipinski definition) is 1. The van der Waals surface area contributed by atoms with E-state index < -0.39 is 6.17 Å². The Labute approximate surface area is 68.2 Å². The second-order valence-electron chi connectivity index (χ2n) is 3.73. The lowest BCUT2D eigenvalue weighted by molar-refractivity contribution is 0.270. The molecule has 0 amide bonds. The van der Waals surface area contributed by atoms with E-state index in [1.807, 2.05) is 0 Å². The SMILES string of the molecule is CC(F)C(N)CC1CCCC1. The molecule has 11 heavy (non-hydrogen) atoms. The van der Waals surface area contributed by atoms with Crippen LogP contribution in [0.5, 0.6) is 0 Å². The molecule has 0 spiro atoms. The Hall–Kier alpha value is -0.110. The van der Waals surface area contributed by atoms with Gasteiger partial charge in [0, 0.05) is 6.04 Å². The Balaban J connectivity index is 2.18. The normalized spacial score (nSPS) is 25.4. The van der Waals surface area contributed by atoms with Crippen LogP contribution in [-0.2, 0) is 0 Å². The molecule has 2 N–H and O–H groups in total. The largest absolute Gasteiger partial charge is 0.325 e. The third kappa shape index (κ3) is 2.78. The average Bonchev–Trinajstić information content (AvgIpc) is 2.39. The number of halogens is 1. The maximum atomic E-state index is 12.6. The van der Waals surface area contributed by atoms with Crippen molar-refractivity contribution >= 4 is 0 Å². The van der Waals surface area contributed by atoms with Crippen molar-refractivity contribution in [1.82, 2.24) is 0 Å². The molecular weight excluding hydrogens is 141 g/mol. The van der Waals surface area contributed by atoms with E-state index in [0.717, 1.165) is 6.42 Å². The predicted molar refractivity (Wildman–Crippen MR) is 45.1 cm³/mol. The van der Waals surface area contributed by atoms with Gasteiger partial charge in [0.05, 0.1) is 0 Å². The maximum absolute atomic E-state index is 12.6. The minimum Gasteiger partial charge on any atom is -0.325 e. The molecule has 1 aliphatic rings. The average molecular weight is 159 g/mol. The highest BCUT2D eigenvalue weighted by atomic mass is 19.1. The first-order valence-corrected chi connectivity index (χ1v) is 4.60. The van der Waals surface area contributed by atoms with Gasteiger partial charge in [-0.25, -0.2) is 4.39 Å². The summed E-state index contributed by atoms with van der Waals surface area (Å²) in [6.07, 6.45) is 5.21. The van der Waals surface area contributed by atoms with Crippen LogP contribution in [0.15, 0.2) is 0 Å². The summed E-state index contributed by atoms with van der Waals surface area (Å²) in [5.74, 6) is 0.711. The van der Waals surface area contributed by atoms with Gasteiger partial charge in [0.15, 0.2) is 0 Å². The molecule has 0 aliphatic heterocycles. The molecule has 1 fully saturated rings.